The zero-order valence-electron chi connectivity index (χ0n) is 17.2. The minimum absolute atomic E-state index is 0.0693. The van der Waals surface area contributed by atoms with Crippen molar-refractivity contribution in [2.75, 3.05) is 18.4 Å². The first-order valence-corrected chi connectivity index (χ1v) is 11.5. The largest absolute Gasteiger partial charge is 0.348 e. The molecule has 160 valence electrons. The number of rotatable bonds is 7. The Hall–Kier alpha value is -2.71. The number of benzene rings is 2. The normalized spacial score (nSPS) is 14.6. The van der Waals surface area contributed by atoms with E-state index in [2.05, 4.69) is 10.6 Å². The van der Waals surface area contributed by atoms with E-state index < -0.39 is 10.0 Å². The first-order chi connectivity index (χ1) is 14.3. The van der Waals surface area contributed by atoms with Gasteiger partial charge in [-0.05, 0) is 54.8 Å². The molecule has 2 amide bonds. The molecule has 0 spiro atoms. The maximum Gasteiger partial charge on any atom is 0.251 e. The Bertz CT molecular complexity index is 1010. The van der Waals surface area contributed by atoms with Gasteiger partial charge in [0.25, 0.3) is 5.91 Å². The van der Waals surface area contributed by atoms with Crippen molar-refractivity contribution in [3.05, 3.63) is 59.7 Å². The van der Waals surface area contributed by atoms with Gasteiger partial charge in [0, 0.05) is 36.8 Å². The van der Waals surface area contributed by atoms with E-state index in [9.17, 15) is 18.0 Å². The number of anilines is 1. The van der Waals surface area contributed by atoms with Crippen molar-refractivity contribution in [2.45, 2.75) is 38.1 Å². The van der Waals surface area contributed by atoms with Crippen molar-refractivity contribution >= 4 is 27.5 Å². The van der Waals surface area contributed by atoms with Gasteiger partial charge in [-0.15, -0.1) is 0 Å². The summed E-state index contributed by atoms with van der Waals surface area (Å²) < 4.78 is 26.6. The molecule has 8 heteroatoms. The fourth-order valence-electron chi connectivity index (χ4n) is 3.19. The Balaban J connectivity index is 1.61. The SMILES string of the molecule is CC(C)C(=O)Nc1cccc(CNC(=O)c2ccc(S(=O)(=O)N3CCCC3)cc2)c1. The van der Waals surface area contributed by atoms with E-state index in [4.69, 9.17) is 0 Å². The van der Waals surface area contributed by atoms with Gasteiger partial charge in [0.05, 0.1) is 4.90 Å². The molecule has 3 rings (SSSR count). The Kier molecular flexibility index (Phi) is 6.89. The van der Waals surface area contributed by atoms with Crippen LogP contribution >= 0.6 is 0 Å². The van der Waals surface area contributed by atoms with Crippen LogP contribution in [0.15, 0.2) is 53.4 Å². The summed E-state index contributed by atoms with van der Waals surface area (Å²) in [6, 6.07) is 13.3. The van der Waals surface area contributed by atoms with E-state index in [1.54, 1.807) is 6.07 Å². The second kappa shape index (κ2) is 9.40. The molecule has 2 aromatic carbocycles. The summed E-state index contributed by atoms with van der Waals surface area (Å²) in [6.45, 7) is 5.02. The summed E-state index contributed by atoms with van der Waals surface area (Å²) in [5.74, 6) is -0.484. The molecular formula is C22H27N3O4S. The first-order valence-electron chi connectivity index (χ1n) is 10.1. The van der Waals surface area contributed by atoms with Crippen LogP contribution in [0.4, 0.5) is 5.69 Å². The second-order valence-electron chi connectivity index (χ2n) is 7.66. The number of nitrogens with zero attached hydrogens (tertiary/aromatic N) is 1. The van der Waals surface area contributed by atoms with Crippen molar-refractivity contribution in [3.63, 3.8) is 0 Å². The lowest BCUT2D eigenvalue weighted by Gasteiger charge is -2.15. The fourth-order valence-corrected chi connectivity index (χ4v) is 4.70. The average Bonchev–Trinajstić information content (AvgIpc) is 3.28. The van der Waals surface area contributed by atoms with Gasteiger partial charge in [0.2, 0.25) is 15.9 Å². The molecule has 1 heterocycles. The quantitative estimate of drug-likeness (QED) is 0.707. The van der Waals surface area contributed by atoms with Gasteiger partial charge in [0.15, 0.2) is 0 Å². The highest BCUT2D eigenvalue weighted by Crippen LogP contribution is 2.21. The maximum absolute atomic E-state index is 12.6. The third kappa shape index (κ3) is 5.25. The van der Waals surface area contributed by atoms with Crippen LogP contribution in [-0.4, -0.2) is 37.6 Å². The summed E-state index contributed by atoms with van der Waals surface area (Å²) in [6.07, 6.45) is 1.75. The Morgan fingerprint density at radius 2 is 1.70 bits per heavy atom. The van der Waals surface area contributed by atoms with Crippen LogP contribution in [0.25, 0.3) is 0 Å². The Morgan fingerprint density at radius 1 is 1.03 bits per heavy atom. The van der Waals surface area contributed by atoms with Crippen LogP contribution in [-0.2, 0) is 21.4 Å². The standard InChI is InChI=1S/C22H27N3O4S/c1-16(2)21(26)24-19-7-5-6-17(14-19)15-23-22(27)18-8-10-20(11-9-18)30(28,29)25-12-3-4-13-25/h5-11,14,16H,3-4,12-13,15H2,1-2H3,(H,23,27)(H,24,26). The highest BCUT2D eigenvalue weighted by molar-refractivity contribution is 7.89. The van der Waals surface area contributed by atoms with E-state index in [-0.39, 0.29) is 29.2 Å². The van der Waals surface area contributed by atoms with E-state index in [1.807, 2.05) is 32.0 Å². The predicted molar refractivity (Wildman–Crippen MR) is 116 cm³/mol. The Morgan fingerprint density at radius 3 is 2.33 bits per heavy atom. The third-order valence-electron chi connectivity index (χ3n) is 4.99. The van der Waals surface area contributed by atoms with Crippen molar-refractivity contribution in [1.82, 2.24) is 9.62 Å². The molecule has 0 atom stereocenters. The molecule has 1 fully saturated rings. The number of nitrogens with one attached hydrogen (secondary N) is 2. The van der Waals surface area contributed by atoms with E-state index in [0.29, 0.717) is 24.3 Å². The van der Waals surface area contributed by atoms with Crippen molar-refractivity contribution in [2.24, 2.45) is 5.92 Å². The molecule has 2 aromatic rings. The molecule has 0 unspecified atom stereocenters. The third-order valence-corrected chi connectivity index (χ3v) is 6.90. The topological polar surface area (TPSA) is 95.6 Å². The molecule has 0 aromatic heterocycles. The van der Waals surface area contributed by atoms with Gasteiger partial charge in [-0.25, -0.2) is 8.42 Å². The van der Waals surface area contributed by atoms with Crippen LogP contribution in [0.5, 0.6) is 0 Å². The van der Waals surface area contributed by atoms with E-state index in [0.717, 1.165) is 18.4 Å². The molecule has 1 aliphatic rings. The van der Waals surface area contributed by atoms with Crippen LogP contribution in [0.2, 0.25) is 0 Å². The molecule has 1 saturated heterocycles. The zero-order chi connectivity index (χ0) is 21.7. The van der Waals surface area contributed by atoms with Crippen LogP contribution < -0.4 is 10.6 Å². The fraction of sp³-hybridized carbons (Fsp3) is 0.364. The summed E-state index contributed by atoms with van der Waals surface area (Å²) in [5.41, 5.74) is 1.91. The molecule has 7 nitrogen and oxygen atoms in total. The van der Waals surface area contributed by atoms with Crippen molar-refractivity contribution < 1.29 is 18.0 Å². The lowest BCUT2D eigenvalue weighted by Crippen LogP contribution is -2.28. The number of hydrogen-bond acceptors (Lipinski definition) is 4. The lowest BCUT2D eigenvalue weighted by molar-refractivity contribution is -0.118. The van der Waals surface area contributed by atoms with Crippen LogP contribution in [0, 0.1) is 5.92 Å². The summed E-state index contributed by atoms with van der Waals surface area (Å²) in [5, 5.41) is 5.65. The highest BCUT2D eigenvalue weighted by atomic mass is 32.2. The summed E-state index contributed by atoms with van der Waals surface area (Å²) in [7, 11) is -3.49. The number of carbonyl (C=O) groups excluding carboxylic acids is 2. The number of amides is 2. The number of carbonyl (C=O) groups is 2. The van der Waals surface area contributed by atoms with Crippen molar-refractivity contribution in [1.29, 1.82) is 0 Å². The Labute approximate surface area is 177 Å². The molecule has 0 bridgehead atoms. The minimum Gasteiger partial charge on any atom is -0.348 e. The monoisotopic (exact) mass is 429 g/mol. The molecule has 0 saturated carbocycles. The average molecular weight is 430 g/mol. The molecule has 2 N–H and O–H groups in total. The van der Waals surface area contributed by atoms with E-state index in [1.165, 1.54) is 28.6 Å². The first kappa shape index (κ1) is 22.0. The molecule has 1 aliphatic heterocycles. The molecular weight excluding hydrogens is 402 g/mol. The van der Waals surface area contributed by atoms with E-state index >= 15 is 0 Å². The van der Waals surface area contributed by atoms with Gasteiger partial charge >= 0.3 is 0 Å². The van der Waals surface area contributed by atoms with Crippen LogP contribution in [0.3, 0.4) is 0 Å². The predicted octanol–water partition coefficient (Wildman–Crippen LogP) is 3.00. The molecule has 0 aliphatic carbocycles. The zero-order valence-corrected chi connectivity index (χ0v) is 18.0. The van der Waals surface area contributed by atoms with Gasteiger partial charge in [-0.3, -0.25) is 9.59 Å². The smallest absolute Gasteiger partial charge is 0.251 e. The minimum atomic E-state index is -3.49. The maximum atomic E-state index is 12.6. The van der Waals surface area contributed by atoms with Crippen LogP contribution in [0.1, 0.15) is 42.6 Å². The number of sulfonamides is 1. The second-order valence-corrected chi connectivity index (χ2v) is 9.60. The van der Waals surface area contributed by atoms with Gasteiger partial charge in [0.1, 0.15) is 0 Å². The van der Waals surface area contributed by atoms with Gasteiger partial charge < -0.3 is 10.6 Å². The van der Waals surface area contributed by atoms with Gasteiger partial charge in [-0.1, -0.05) is 26.0 Å². The molecule has 0 radical (unpaired) electrons. The van der Waals surface area contributed by atoms with Gasteiger partial charge in [-0.2, -0.15) is 4.31 Å². The lowest BCUT2D eigenvalue weighted by atomic mass is 10.1. The summed E-state index contributed by atoms with van der Waals surface area (Å²) >= 11 is 0. The summed E-state index contributed by atoms with van der Waals surface area (Å²) in [4.78, 5) is 24.5. The molecule has 30 heavy (non-hydrogen) atoms. The highest BCUT2D eigenvalue weighted by Gasteiger charge is 2.27. The van der Waals surface area contributed by atoms with Crippen molar-refractivity contribution in [3.8, 4) is 0 Å². The number of hydrogen-bond donors (Lipinski definition) is 2.